The third kappa shape index (κ3) is 3.69. The molecule has 7 heteroatoms. The number of hydrogen-bond acceptors (Lipinski definition) is 5. The van der Waals surface area contributed by atoms with Crippen LogP contribution in [0, 0.1) is 0 Å². The normalized spacial score (nSPS) is 20.7. The van der Waals surface area contributed by atoms with Gasteiger partial charge in [-0.05, 0) is 5.56 Å². The van der Waals surface area contributed by atoms with E-state index >= 15 is 0 Å². The molecule has 2 heterocycles. The minimum Gasteiger partial charge on any atom is -0.482 e. The van der Waals surface area contributed by atoms with Crippen LogP contribution in [0.3, 0.4) is 0 Å². The molecule has 122 valence electrons. The topological polar surface area (TPSA) is 87.8 Å². The van der Waals surface area contributed by atoms with E-state index in [0.29, 0.717) is 12.3 Å². The average Bonchev–Trinajstić information content (AvgIpc) is 3.15. The molecule has 0 saturated carbocycles. The first kappa shape index (κ1) is 15.5. The minimum absolute atomic E-state index is 0.169. The van der Waals surface area contributed by atoms with E-state index in [1.807, 2.05) is 30.3 Å². The molecule has 2 N–H and O–H groups in total. The summed E-state index contributed by atoms with van der Waals surface area (Å²) in [6, 6.07) is 9.93. The summed E-state index contributed by atoms with van der Waals surface area (Å²) in [4.78, 5) is 12.9. The molecular formula is C16H19N3O4. The van der Waals surface area contributed by atoms with Crippen LogP contribution < -0.4 is 4.74 Å². The molecule has 0 spiro atoms. The monoisotopic (exact) mass is 317 g/mol. The van der Waals surface area contributed by atoms with E-state index in [-0.39, 0.29) is 13.1 Å². The van der Waals surface area contributed by atoms with Gasteiger partial charge in [0.1, 0.15) is 18.8 Å². The second kappa shape index (κ2) is 6.80. The number of carbonyl (C=O) groups excluding carboxylic acids is 1. The van der Waals surface area contributed by atoms with Gasteiger partial charge in [0.05, 0.1) is 32.0 Å². The zero-order valence-electron chi connectivity index (χ0n) is 12.6. The predicted molar refractivity (Wildman–Crippen MR) is 81.9 cm³/mol. The van der Waals surface area contributed by atoms with Crippen molar-refractivity contribution in [3.05, 3.63) is 48.3 Å². The number of carbonyl (C=O) groups is 1. The molecule has 23 heavy (non-hydrogen) atoms. The fourth-order valence-electron chi connectivity index (χ4n) is 2.61. The van der Waals surface area contributed by atoms with Gasteiger partial charge in [0, 0.05) is 0 Å². The molecule has 1 amide bonds. The summed E-state index contributed by atoms with van der Waals surface area (Å²) >= 11 is 0. The predicted octanol–water partition coefficient (Wildman–Crippen LogP) is -0.126. The molecule has 0 bridgehead atoms. The van der Waals surface area contributed by atoms with Crippen LogP contribution in [0.2, 0.25) is 0 Å². The molecule has 1 saturated heterocycles. The fraction of sp³-hybridized carbons (Fsp3) is 0.375. The van der Waals surface area contributed by atoms with Crippen LogP contribution in [0.4, 0.5) is 0 Å². The number of hydrogen-bond donors (Lipinski definition) is 2. The molecule has 0 aliphatic carbocycles. The second-order valence-electron chi connectivity index (χ2n) is 5.54. The third-order valence-corrected chi connectivity index (χ3v) is 3.81. The number of aromatic nitrogens is 2. The first-order valence-corrected chi connectivity index (χ1v) is 7.45. The van der Waals surface area contributed by atoms with Crippen LogP contribution in [0.25, 0.3) is 0 Å². The Balaban J connectivity index is 1.60. The van der Waals surface area contributed by atoms with E-state index in [1.165, 1.54) is 4.90 Å². The van der Waals surface area contributed by atoms with Crippen molar-refractivity contribution >= 4 is 5.91 Å². The summed E-state index contributed by atoms with van der Waals surface area (Å²) in [5, 5.41) is 23.1. The summed E-state index contributed by atoms with van der Waals surface area (Å²) in [7, 11) is 0. The summed E-state index contributed by atoms with van der Waals surface area (Å²) in [6.07, 6.45) is 2.06. The highest BCUT2D eigenvalue weighted by Crippen LogP contribution is 2.19. The Kier molecular flexibility index (Phi) is 4.59. The van der Waals surface area contributed by atoms with E-state index in [9.17, 15) is 9.90 Å². The van der Waals surface area contributed by atoms with E-state index in [0.717, 1.165) is 5.56 Å². The van der Waals surface area contributed by atoms with Gasteiger partial charge in [-0.25, -0.2) is 0 Å². The maximum atomic E-state index is 11.5. The fourth-order valence-corrected chi connectivity index (χ4v) is 2.61. The van der Waals surface area contributed by atoms with Crippen LogP contribution in [0.5, 0.6) is 5.75 Å². The highest BCUT2D eigenvalue weighted by atomic mass is 16.5. The molecule has 1 fully saturated rings. The molecule has 1 aliphatic heterocycles. The Labute approximate surface area is 133 Å². The first-order chi connectivity index (χ1) is 11.2. The first-order valence-electron chi connectivity index (χ1n) is 7.45. The van der Waals surface area contributed by atoms with Gasteiger partial charge in [-0.2, -0.15) is 5.10 Å². The molecule has 3 rings (SSSR count). The lowest BCUT2D eigenvalue weighted by atomic mass is 10.2. The number of ether oxygens (including phenoxy) is 1. The molecule has 2 atom stereocenters. The molecule has 1 aromatic carbocycles. The quantitative estimate of drug-likeness (QED) is 0.802. The van der Waals surface area contributed by atoms with Crippen LogP contribution in [-0.4, -0.2) is 62.7 Å². The zero-order valence-corrected chi connectivity index (χ0v) is 12.6. The van der Waals surface area contributed by atoms with Gasteiger partial charge in [0.15, 0.2) is 5.75 Å². The molecule has 0 radical (unpaired) electrons. The molecule has 7 nitrogen and oxygen atoms in total. The summed E-state index contributed by atoms with van der Waals surface area (Å²) in [6.45, 7) is 0.494. The lowest BCUT2D eigenvalue weighted by Crippen LogP contribution is -2.32. The number of nitrogens with zero attached hydrogens (tertiary/aromatic N) is 3. The van der Waals surface area contributed by atoms with Gasteiger partial charge in [-0.1, -0.05) is 30.3 Å². The lowest BCUT2D eigenvalue weighted by Gasteiger charge is -2.15. The molecular weight excluding hydrogens is 298 g/mol. The summed E-state index contributed by atoms with van der Waals surface area (Å²) in [5.41, 5.74) is 1.13. The van der Waals surface area contributed by atoms with Crippen LogP contribution in [0.1, 0.15) is 5.56 Å². The highest BCUT2D eigenvalue weighted by Gasteiger charge is 2.35. The van der Waals surface area contributed by atoms with Crippen LogP contribution >= 0.6 is 0 Å². The van der Waals surface area contributed by atoms with E-state index in [4.69, 9.17) is 9.84 Å². The van der Waals surface area contributed by atoms with Gasteiger partial charge in [0.2, 0.25) is 5.91 Å². The number of aliphatic hydroxyl groups excluding tert-OH is 2. The number of rotatable bonds is 5. The average molecular weight is 317 g/mol. The summed E-state index contributed by atoms with van der Waals surface area (Å²) < 4.78 is 7.47. The van der Waals surface area contributed by atoms with Gasteiger partial charge >= 0.3 is 0 Å². The zero-order chi connectivity index (χ0) is 16.2. The number of amides is 1. The van der Waals surface area contributed by atoms with Gasteiger partial charge in [-0.3, -0.25) is 9.48 Å². The van der Waals surface area contributed by atoms with Crippen molar-refractivity contribution in [1.82, 2.24) is 14.7 Å². The van der Waals surface area contributed by atoms with Crippen molar-refractivity contribution in [1.29, 1.82) is 0 Å². The van der Waals surface area contributed by atoms with Crippen LogP contribution in [-0.2, 0) is 11.3 Å². The third-order valence-electron chi connectivity index (χ3n) is 3.81. The van der Waals surface area contributed by atoms with E-state index in [1.54, 1.807) is 17.1 Å². The van der Waals surface area contributed by atoms with Gasteiger partial charge in [0.25, 0.3) is 0 Å². The van der Waals surface area contributed by atoms with E-state index in [2.05, 4.69) is 5.10 Å². The number of β-amino-alcohol motifs (C(OH)–C–C–N with tert-alkyl or cyclic N) is 1. The largest absolute Gasteiger partial charge is 0.482 e. The minimum atomic E-state index is -0.775. The van der Waals surface area contributed by atoms with Crippen molar-refractivity contribution in [3.8, 4) is 5.75 Å². The number of benzene rings is 1. The van der Waals surface area contributed by atoms with E-state index < -0.39 is 24.7 Å². The highest BCUT2D eigenvalue weighted by molar-refractivity contribution is 5.77. The Morgan fingerprint density at radius 1 is 1.30 bits per heavy atom. The Hall–Kier alpha value is -2.38. The molecule has 0 unspecified atom stereocenters. The molecule has 1 aromatic heterocycles. The SMILES string of the molecule is O=C(CO)N1C[C@@H](O)[C@H](Oc2cnn(Cc3ccccc3)c2)C1. The van der Waals surface area contributed by atoms with Crippen molar-refractivity contribution in [2.45, 2.75) is 18.8 Å². The van der Waals surface area contributed by atoms with Crippen molar-refractivity contribution in [3.63, 3.8) is 0 Å². The smallest absolute Gasteiger partial charge is 0.248 e. The molecule has 1 aliphatic rings. The van der Waals surface area contributed by atoms with Crippen LogP contribution in [0.15, 0.2) is 42.7 Å². The lowest BCUT2D eigenvalue weighted by molar-refractivity contribution is -0.133. The maximum absolute atomic E-state index is 11.5. The van der Waals surface area contributed by atoms with Gasteiger partial charge in [-0.15, -0.1) is 0 Å². The number of likely N-dealkylation sites (tertiary alicyclic amines) is 1. The van der Waals surface area contributed by atoms with Gasteiger partial charge < -0.3 is 19.8 Å². The molecule has 2 aromatic rings. The van der Waals surface area contributed by atoms with Crippen molar-refractivity contribution < 1.29 is 19.7 Å². The van der Waals surface area contributed by atoms with Crippen molar-refractivity contribution in [2.75, 3.05) is 19.7 Å². The standard InChI is InChI=1S/C16H19N3O4/c20-11-16(22)18-9-14(21)15(10-18)23-13-6-17-19(8-13)7-12-4-2-1-3-5-12/h1-6,8,14-15,20-21H,7,9-11H2/t14-,15-/m1/s1. The summed E-state index contributed by atoms with van der Waals surface area (Å²) in [5.74, 6) is 0.137. The Morgan fingerprint density at radius 3 is 2.83 bits per heavy atom. The number of aliphatic hydroxyl groups is 2. The second-order valence-corrected chi connectivity index (χ2v) is 5.54. The maximum Gasteiger partial charge on any atom is 0.248 e. The Morgan fingerprint density at radius 2 is 2.09 bits per heavy atom. The Bertz CT molecular complexity index is 658. The van der Waals surface area contributed by atoms with Crippen molar-refractivity contribution in [2.24, 2.45) is 0 Å².